The van der Waals surface area contributed by atoms with E-state index in [1.54, 1.807) is 0 Å². The lowest BCUT2D eigenvalue weighted by molar-refractivity contribution is -0.113. The van der Waals surface area contributed by atoms with Crippen molar-refractivity contribution in [2.75, 3.05) is 17.7 Å². The number of thioether (sulfide) groups is 1. The van der Waals surface area contributed by atoms with Gasteiger partial charge in [0.2, 0.25) is 11.1 Å². The Morgan fingerprint density at radius 2 is 2.13 bits per heavy atom. The molecule has 3 heterocycles. The van der Waals surface area contributed by atoms with Crippen LogP contribution in [0.3, 0.4) is 0 Å². The van der Waals surface area contributed by atoms with Crippen LogP contribution in [0.15, 0.2) is 5.16 Å². The highest BCUT2D eigenvalue weighted by Gasteiger charge is 2.24. The van der Waals surface area contributed by atoms with Crippen LogP contribution < -0.4 is 5.32 Å². The molecule has 0 radical (unpaired) electrons. The van der Waals surface area contributed by atoms with Crippen molar-refractivity contribution < 1.29 is 9.53 Å². The molecule has 2 N–H and O–H groups in total. The summed E-state index contributed by atoms with van der Waals surface area (Å²) in [6, 6.07) is 2.25. The van der Waals surface area contributed by atoms with Gasteiger partial charge in [0.1, 0.15) is 17.7 Å². The molecule has 1 saturated carbocycles. The molecule has 4 rings (SSSR count). The summed E-state index contributed by atoms with van der Waals surface area (Å²) in [7, 11) is 0. The summed E-state index contributed by atoms with van der Waals surface area (Å²) in [6.07, 6.45) is 8.23. The van der Waals surface area contributed by atoms with Crippen LogP contribution >= 0.6 is 11.8 Å². The van der Waals surface area contributed by atoms with E-state index in [4.69, 9.17) is 4.74 Å². The van der Waals surface area contributed by atoms with Crippen molar-refractivity contribution in [2.24, 2.45) is 5.92 Å². The van der Waals surface area contributed by atoms with Crippen LogP contribution in [-0.4, -0.2) is 44.1 Å². The third kappa shape index (κ3) is 5.13. The van der Waals surface area contributed by atoms with Crippen LogP contribution in [0.25, 0.3) is 0 Å². The van der Waals surface area contributed by atoms with E-state index >= 15 is 0 Å². The van der Waals surface area contributed by atoms with Gasteiger partial charge in [0.15, 0.2) is 0 Å². The average molecular weight is 443 g/mol. The Morgan fingerprint density at radius 1 is 1.32 bits per heavy atom. The SMILES string of the molecule is Cc1c(C#N)c(NC(=O)CSc2n[nH]c(CC3CCCC3)n2)n(CC2CCCO2)c1C. The van der Waals surface area contributed by atoms with Crippen LogP contribution in [-0.2, 0) is 22.5 Å². The number of aromatic amines is 1. The molecule has 2 aliphatic rings. The molecule has 8 nitrogen and oxygen atoms in total. The molecule has 1 aliphatic carbocycles. The molecule has 1 atom stereocenters. The van der Waals surface area contributed by atoms with Gasteiger partial charge >= 0.3 is 0 Å². The van der Waals surface area contributed by atoms with Gasteiger partial charge in [-0.3, -0.25) is 9.89 Å². The summed E-state index contributed by atoms with van der Waals surface area (Å²) in [5.74, 6) is 2.18. The van der Waals surface area contributed by atoms with Crippen molar-refractivity contribution >= 4 is 23.5 Å². The summed E-state index contributed by atoms with van der Waals surface area (Å²) in [5.41, 5.74) is 2.40. The molecule has 0 aromatic carbocycles. The second kappa shape index (κ2) is 9.88. The van der Waals surface area contributed by atoms with Gasteiger partial charge in [0.05, 0.1) is 24.0 Å². The zero-order chi connectivity index (χ0) is 21.8. The quantitative estimate of drug-likeness (QED) is 0.603. The van der Waals surface area contributed by atoms with Crippen molar-refractivity contribution in [1.82, 2.24) is 19.7 Å². The van der Waals surface area contributed by atoms with Gasteiger partial charge in [0.25, 0.3) is 0 Å². The van der Waals surface area contributed by atoms with Crippen molar-refractivity contribution in [3.63, 3.8) is 0 Å². The fourth-order valence-corrected chi connectivity index (χ4v) is 5.19. The minimum Gasteiger partial charge on any atom is -0.376 e. The summed E-state index contributed by atoms with van der Waals surface area (Å²) < 4.78 is 7.78. The Hall–Kier alpha value is -2.31. The van der Waals surface area contributed by atoms with Crippen molar-refractivity contribution in [1.29, 1.82) is 5.26 Å². The molecule has 1 amide bonds. The topological polar surface area (TPSA) is 109 Å². The van der Waals surface area contributed by atoms with Gasteiger partial charge < -0.3 is 14.6 Å². The van der Waals surface area contributed by atoms with Crippen molar-refractivity contribution in [3.8, 4) is 6.07 Å². The van der Waals surface area contributed by atoms with E-state index in [0.717, 1.165) is 43.0 Å². The minimum atomic E-state index is -0.172. The molecule has 9 heteroatoms. The Kier molecular flexibility index (Phi) is 6.98. The molecular weight excluding hydrogens is 412 g/mol. The van der Waals surface area contributed by atoms with Gasteiger partial charge in [-0.2, -0.15) is 5.26 Å². The summed E-state index contributed by atoms with van der Waals surface area (Å²) in [4.78, 5) is 17.2. The zero-order valence-electron chi connectivity index (χ0n) is 18.2. The number of nitriles is 1. The Labute approximate surface area is 187 Å². The molecule has 1 unspecified atom stereocenters. The maximum atomic E-state index is 12.7. The van der Waals surface area contributed by atoms with E-state index in [9.17, 15) is 10.1 Å². The van der Waals surface area contributed by atoms with Gasteiger partial charge in [-0.25, -0.2) is 4.98 Å². The van der Waals surface area contributed by atoms with E-state index < -0.39 is 0 Å². The normalized spacial score (nSPS) is 19.1. The standard InChI is InChI=1S/C22H30N6O2S/c1-14-15(2)28(12-17-8-5-9-30-17)21(18(14)11-23)25-20(29)13-31-22-24-19(26-27-22)10-16-6-3-4-7-16/h16-17H,3-10,12-13H2,1-2H3,(H,25,29)(H,24,26,27). The molecular formula is C22H30N6O2S. The number of carbonyl (C=O) groups excluding carboxylic acids is 1. The Balaban J connectivity index is 1.38. The second-order valence-electron chi connectivity index (χ2n) is 8.55. The largest absolute Gasteiger partial charge is 0.376 e. The van der Waals surface area contributed by atoms with Crippen LogP contribution in [0.4, 0.5) is 5.82 Å². The number of carbonyl (C=O) groups is 1. The van der Waals surface area contributed by atoms with Gasteiger partial charge in [0, 0.05) is 18.7 Å². The smallest absolute Gasteiger partial charge is 0.235 e. The highest BCUT2D eigenvalue weighted by atomic mass is 32.2. The molecule has 166 valence electrons. The number of rotatable bonds is 8. The van der Waals surface area contributed by atoms with Crippen molar-refractivity contribution in [2.45, 2.75) is 76.6 Å². The van der Waals surface area contributed by atoms with Crippen LogP contribution in [0.2, 0.25) is 0 Å². The first-order valence-electron chi connectivity index (χ1n) is 11.1. The fraction of sp³-hybridized carbons (Fsp3) is 0.636. The van der Waals surface area contributed by atoms with Crippen LogP contribution in [0, 0.1) is 31.1 Å². The fourth-order valence-electron chi connectivity index (χ4n) is 4.57. The number of nitrogens with one attached hydrogen (secondary N) is 2. The number of aromatic nitrogens is 4. The van der Waals surface area contributed by atoms with E-state index in [0.29, 0.717) is 29.0 Å². The predicted molar refractivity (Wildman–Crippen MR) is 119 cm³/mol. The van der Waals surface area contributed by atoms with Crippen LogP contribution in [0.5, 0.6) is 0 Å². The van der Waals surface area contributed by atoms with E-state index in [1.165, 1.54) is 37.4 Å². The molecule has 1 aliphatic heterocycles. The minimum absolute atomic E-state index is 0.119. The summed E-state index contributed by atoms with van der Waals surface area (Å²) in [6.45, 7) is 5.31. The Bertz CT molecular complexity index is 964. The molecule has 0 spiro atoms. The van der Waals surface area contributed by atoms with Crippen LogP contribution in [0.1, 0.15) is 61.2 Å². The van der Waals surface area contributed by atoms with Crippen molar-refractivity contribution in [3.05, 3.63) is 22.6 Å². The molecule has 31 heavy (non-hydrogen) atoms. The zero-order valence-corrected chi connectivity index (χ0v) is 19.1. The lowest BCUT2D eigenvalue weighted by atomic mass is 10.0. The first kappa shape index (κ1) is 21.9. The molecule has 2 fully saturated rings. The number of hydrogen-bond acceptors (Lipinski definition) is 6. The van der Waals surface area contributed by atoms with E-state index in [1.807, 2.05) is 18.4 Å². The molecule has 2 aromatic rings. The number of nitrogens with zero attached hydrogens (tertiary/aromatic N) is 4. The molecule has 0 bridgehead atoms. The Morgan fingerprint density at radius 3 is 2.84 bits per heavy atom. The van der Waals surface area contributed by atoms with Gasteiger partial charge in [-0.05, 0) is 38.2 Å². The third-order valence-corrected chi connectivity index (χ3v) is 7.26. The maximum Gasteiger partial charge on any atom is 0.235 e. The first-order chi connectivity index (χ1) is 15.0. The summed E-state index contributed by atoms with van der Waals surface area (Å²) >= 11 is 1.31. The first-order valence-corrected chi connectivity index (χ1v) is 12.1. The van der Waals surface area contributed by atoms with Gasteiger partial charge in [-0.15, -0.1) is 5.10 Å². The molecule has 2 aromatic heterocycles. The predicted octanol–water partition coefficient (Wildman–Crippen LogP) is 3.74. The number of ether oxygens (including phenoxy) is 1. The van der Waals surface area contributed by atoms with Gasteiger partial charge in [-0.1, -0.05) is 37.4 Å². The monoisotopic (exact) mass is 442 g/mol. The summed E-state index contributed by atoms with van der Waals surface area (Å²) in [5, 5.41) is 20.5. The molecule has 1 saturated heterocycles. The lowest BCUT2D eigenvalue weighted by Gasteiger charge is -2.16. The van der Waals surface area contributed by atoms with E-state index in [2.05, 4.69) is 26.6 Å². The highest BCUT2D eigenvalue weighted by Crippen LogP contribution is 2.29. The maximum absolute atomic E-state index is 12.7. The number of hydrogen-bond donors (Lipinski definition) is 2. The third-order valence-electron chi connectivity index (χ3n) is 6.41. The second-order valence-corrected chi connectivity index (χ2v) is 9.49. The van der Waals surface area contributed by atoms with E-state index in [-0.39, 0.29) is 17.8 Å². The number of anilines is 1. The lowest BCUT2D eigenvalue weighted by Crippen LogP contribution is -2.22. The highest BCUT2D eigenvalue weighted by molar-refractivity contribution is 7.99. The average Bonchev–Trinajstić information content (AvgIpc) is 3.55. The number of H-pyrrole nitrogens is 1. The number of amides is 1.